The predicted octanol–water partition coefficient (Wildman–Crippen LogP) is -0.345. The minimum Gasteiger partial charge on any atom is -0.325 e. The van der Waals surface area contributed by atoms with Gasteiger partial charge in [-0.05, 0) is 6.92 Å². The van der Waals surface area contributed by atoms with Gasteiger partial charge in [0.25, 0.3) is 0 Å². The second-order valence-corrected chi connectivity index (χ2v) is 2.42. The molecule has 0 spiro atoms. The topological polar surface area (TPSA) is 70.1 Å². The molecule has 5 heteroatoms. The zero-order chi connectivity index (χ0) is 9.56. The summed E-state index contributed by atoms with van der Waals surface area (Å²) in [5.74, 6) is -0.402. The summed E-state index contributed by atoms with van der Waals surface area (Å²) in [6.07, 6.45) is -1.13. The molecule has 0 rings (SSSR count). The van der Waals surface area contributed by atoms with E-state index in [1.54, 1.807) is 6.07 Å². The molecule has 1 amide bonds. The van der Waals surface area contributed by atoms with Gasteiger partial charge in [0.1, 0.15) is 12.7 Å². The van der Waals surface area contributed by atoms with Crippen LogP contribution in [0, 0.1) is 11.3 Å². The van der Waals surface area contributed by atoms with Gasteiger partial charge in [-0.15, -0.1) is 0 Å². The predicted molar refractivity (Wildman–Crippen MR) is 41.8 cm³/mol. The van der Waals surface area contributed by atoms with Crippen LogP contribution in [0.15, 0.2) is 0 Å². The summed E-state index contributed by atoms with van der Waals surface area (Å²) in [5, 5.41) is 8.29. The Morgan fingerprint density at radius 3 is 2.75 bits per heavy atom. The third-order valence-corrected chi connectivity index (χ3v) is 1.26. The van der Waals surface area contributed by atoms with Crippen LogP contribution in [-0.4, -0.2) is 36.6 Å². The molecule has 1 unspecified atom stereocenters. The first-order chi connectivity index (χ1) is 5.61. The van der Waals surface area contributed by atoms with Crippen LogP contribution in [0.4, 0.5) is 4.39 Å². The Bertz CT molecular complexity index is 188. The Hall–Kier alpha value is -1.15. The summed E-state index contributed by atoms with van der Waals surface area (Å²) in [4.78, 5) is 12.0. The first-order valence-electron chi connectivity index (χ1n) is 3.60. The lowest BCUT2D eigenvalue weighted by Crippen LogP contribution is -2.39. The van der Waals surface area contributed by atoms with Gasteiger partial charge >= 0.3 is 0 Å². The fourth-order valence-corrected chi connectivity index (χ4v) is 0.773. The molecular formula is C7H12FN3O. The summed E-state index contributed by atoms with van der Waals surface area (Å²) >= 11 is 0. The van der Waals surface area contributed by atoms with Crippen LogP contribution in [0.25, 0.3) is 0 Å². The van der Waals surface area contributed by atoms with Crippen LogP contribution < -0.4 is 5.73 Å². The number of nitrogens with two attached hydrogens (primary N) is 1. The third kappa shape index (κ3) is 3.88. The number of carbonyl (C=O) groups is 1. The third-order valence-electron chi connectivity index (χ3n) is 1.26. The summed E-state index contributed by atoms with van der Waals surface area (Å²) in [6.45, 7) is 0.969. The molecule has 2 N–H and O–H groups in total. The van der Waals surface area contributed by atoms with Crippen molar-refractivity contribution >= 4 is 5.91 Å². The summed E-state index contributed by atoms with van der Waals surface area (Å²) < 4.78 is 12.4. The Balaban J connectivity index is 4.05. The van der Waals surface area contributed by atoms with Gasteiger partial charge in [0, 0.05) is 0 Å². The van der Waals surface area contributed by atoms with Crippen molar-refractivity contribution in [1.29, 1.82) is 5.26 Å². The molecular weight excluding hydrogens is 161 g/mol. The van der Waals surface area contributed by atoms with E-state index in [2.05, 4.69) is 0 Å². The zero-order valence-electron chi connectivity index (χ0n) is 6.96. The van der Waals surface area contributed by atoms with E-state index in [0.717, 1.165) is 4.90 Å². The van der Waals surface area contributed by atoms with Crippen molar-refractivity contribution in [3.05, 3.63) is 0 Å². The van der Waals surface area contributed by atoms with Gasteiger partial charge in [-0.3, -0.25) is 4.79 Å². The molecule has 0 heterocycles. The van der Waals surface area contributed by atoms with Crippen LogP contribution in [-0.2, 0) is 4.79 Å². The van der Waals surface area contributed by atoms with Crippen molar-refractivity contribution in [2.24, 2.45) is 5.73 Å². The average molecular weight is 173 g/mol. The molecule has 0 aromatic rings. The Labute approximate surface area is 70.7 Å². The molecule has 68 valence electrons. The first kappa shape index (κ1) is 10.8. The number of rotatable bonds is 4. The van der Waals surface area contributed by atoms with Gasteiger partial charge in [0.15, 0.2) is 0 Å². The number of halogens is 1. The van der Waals surface area contributed by atoms with Crippen molar-refractivity contribution in [3.8, 4) is 6.07 Å². The molecule has 4 nitrogen and oxygen atoms in total. The second-order valence-electron chi connectivity index (χ2n) is 2.42. The number of nitriles is 1. The largest absolute Gasteiger partial charge is 0.325 e. The number of nitrogens with zero attached hydrogens (tertiary/aromatic N) is 2. The number of hydrogen-bond acceptors (Lipinski definition) is 3. The van der Waals surface area contributed by atoms with Crippen LogP contribution >= 0.6 is 0 Å². The van der Waals surface area contributed by atoms with Gasteiger partial charge < -0.3 is 10.6 Å². The van der Waals surface area contributed by atoms with Gasteiger partial charge in [0.05, 0.1) is 19.2 Å². The SMILES string of the molecule is CC(F)CN(CC#N)C(=O)CN. The van der Waals surface area contributed by atoms with Gasteiger partial charge in [-0.2, -0.15) is 5.26 Å². The fraction of sp³-hybridized carbons (Fsp3) is 0.714. The number of carbonyl (C=O) groups excluding carboxylic acids is 1. The maximum absolute atomic E-state index is 12.4. The highest BCUT2D eigenvalue weighted by Crippen LogP contribution is 1.95. The van der Waals surface area contributed by atoms with E-state index in [9.17, 15) is 9.18 Å². The minimum atomic E-state index is -1.13. The standard InChI is InChI=1S/C7H12FN3O/c1-6(8)5-11(3-2-9)7(12)4-10/h6H,3-5,10H2,1H3. The molecule has 0 aromatic carbocycles. The van der Waals surface area contributed by atoms with E-state index in [1.165, 1.54) is 6.92 Å². The molecule has 0 saturated carbocycles. The van der Waals surface area contributed by atoms with E-state index in [4.69, 9.17) is 11.0 Å². The highest BCUT2D eigenvalue weighted by atomic mass is 19.1. The Morgan fingerprint density at radius 2 is 2.42 bits per heavy atom. The zero-order valence-corrected chi connectivity index (χ0v) is 6.96. The van der Waals surface area contributed by atoms with Gasteiger partial charge in [-0.25, -0.2) is 4.39 Å². The summed E-state index contributed by atoms with van der Waals surface area (Å²) in [6, 6.07) is 1.77. The molecule has 0 bridgehead atoms. The second kappa shape index (κ2) is 5.49. The van der Waals surface area contributed by atoms with E-state index in [-0.39, 0.29) is 19.6 Å². The lowest BCUT2D eigenvalue weighted by Gasteiger charge is -2.18. The van der Waals surface area contributed by atoms with E-state index in [1.807, 2.05) is 0 Å². The molecule has 12 heavy (non-hydrogen) atoms. The highest BCUT2D eigenvalue weighted by Gasteiger charge is 2.13. The molecule has 0 fully saturated rings. The average Bonchev–Trinajstić information content (AvgIpc) is 2.01. The summed E-state index contributed by atoms with van der Waals surface area (Å²) in [5.41, 5.74) is 5.06. The first-order valence-corrected chi connectivity index (χ1v) is 3.60. The Morgan fingerprint density at radius 1 is 1.83 bits per heavy atom. The van der Waals surface area contributed by atoms with E-state index in [0.29, 0.717) is 0 Å². The van der Waals surface area contributed by atoms with Crippen LogP contribution in [0.2, 0.25) is 0 Å². The number of hydrogen-bond donors (Lipinski definition) is 1. The van der Waals surface area contributed by atoms with Crippen molar-refractivity contribution in [1.82, 2.24) is 4.90 Å². The van der Waals surface area contributed by atoms with Crippen LogP contribution in [0.1, 0.15) is 6.92 Å². The minimum absolute atomic E-state index is 0.0659. The van der Waals surface area contributed by atoms with Crippen LogP contribution in [0.3, 0.4) is 0 Å². The molecule has 1 atom stereocenters. The monoisotopic (exact) mass is 173 g/mol. The van der Waals surface area contributed by atoms with Crippen molar-refractivity contribution in [2.45, 2.75) is 13.1 Å². The molecule has 0 aliphatic heterocycles. The summed E-state index contributed by atoms with van der Waals surface area (Å²) in [7, 11) is 0. The van der Waals surface area contributed by atoms with Crippen molar-refractivity contribution in [2.75, 3.05) is 19.6 Å². The number of amides is 1. The quantitative estimate of drug-likeness (QED) is 0.591. The lowest BCUT2D eigenvalue weighted by molar-refractivity contribution is -0.129. The molecule has 0 aromatic heterocycles. The van der Waals surface area contributed by atoms with Crippen molar-refractivity contribution in [3.63, 3.8) is 0 Å². The van der Waals surface area contributed by atoms with E-state index >= 15 is 0 Å². The van der Waals surface area contributed by atoms with Crippen molar-refractivity contribution < 1.29 is 9.18 Å². The fourth-order valence-electron chi connectivity index (χ4n) is 0.773. The molecule has 0 radical (unpaired) electrons. The van der Waals surface area contributed by atoms with Gasteiger partial charge in [0.2, 0.25) is 5.91 Å². The van der Waals surface area contributed by atoms with Crippen LogP contribution in [0.5, 0.6) is 0 Å². The molecule has 0 saturated heterocycles. The molecule has 0 aliphatic rings. The molecule has 0 aliphatic carbocycles. The highest BCUT2D eigenvalue weighted by molar-refractivity contribution is 5.78. The normalized spacial score (nSPS) is 11.8. The van der Waals surface area contributed by atoms with E-state index < -0.39 is 12.1 Å². The lowest BCUT2D eigenvalue weighted by atomic mass is 10.3. The Kier molecular flexibility index (Phi) is 4.97. The maximum Gasteiger partial charge on any atom is 0.237 e. The number of alkyl halides is 1. The smallest absolute Gasteiger partial charge is 0.237 e. The maximum atomic E-state index is 12.4. The van der Waals surface area contributed by atoms with Gasteiger partial charge in [-0.1, -0.05) is 0 Å².